The largest absolute Gasteiger partial charge is 0.299 e. The van der Waals surface area contributed by atoms with Gasteiger partial charge in [0, 0.05) is 17.8 Å². The SMILES string of the molecule is C[C@]12CCCCC1CC(=O)[C@@H]1[C@@H]2CC[C@]2(C)C(=O)[C@H](F)C[C@@H]12. The van der Waals surface area contributed by atoms with Crippen LogP contribution < -0.4 is 0 Å². The second-order valence-electron chi connectivity index (χ2n) is 8.88. The van der Waals surface area contributed by atoms with Crippen molar-refractivity contribution in [1.29, 1.82) is 0 Å². The van der Waals surface area contributed by atoms with Crippen LogP contribution in [0.2, 0.25) is 0 Å². The van der Waals surface area contributed by atoms with Gasteiger partial charge < -0.3 is 0 Å². The first-order valence-corrected chi connectivity index (χ1v) is 9.09. The second-order valence-corrected chi connectivity index (χ2v) is 8.88. The summed E-state index contributed by atoms with van der Waals surface area (Å²) in [4.78, 5) is 25.2. The number of hydrogen-bond acceptors (Lipinski definition) is 2. The van der Waals surface area contributed by atoms with Crippen molar-refractivity contribution >= 4 is 11.6 Å². The van der Waals surface area contributed by atoms with Gasteiger partial charge in [0.2, 0.25) is 0 Å². The van der Waals surface area contributed by atoms with E-state index < -0.39 is 11.6 Å². The van der Waals surface area contributed by atoms with Gasteiger partial charge in [0.25, 0.3) is 0 Å². The number of halogens is 1. The molecule has 0 bridgehead atoms. The minimum atomic E-state index is -1.33. The van der Waals surface area contributed by atoms with Crippen LogP contribution in [0.3, 0.4) is 0 Å². The summed E-state index contributed by atoms with van der Waals surface area (Å²) >= 11 is 0. The van der Waals surface area contributed by atoms with Crippen molar-refractivity contribution in [3.63, 3.8) is 0 Å². The molecule has 4 rings (SSSR count). The minimum absolute atomic E-state index is 0.0408. The fraction of sp³-hybridized carbons (Fsp3) is 0.895. The van der Waals surface area contributed by atoms with E-state index in [1.807, 2.05) is 6.92 Å². The van der Waals surface area contributed by atoms with Crippen molar-refractivity contribution < 1.29 is 14.0 Å². The van der Waals surface area contributed by atoms with Crippen LogP contribution in [0.4, 0.5) is 4.39 Å². The molecule has 0 aromatic rings. The predicted octanol–water partition coefficient (Wildman–Crippen LogP) is 4.12. The van der Waals surface area contributed by atoms with Crippen LogP contribution in [-0.2, 0) is 9.59 Å². The van der Waals surface area contributed by atoms with Gasteiger partial charge in [-0.05, 0) is 55.3 Å². The summed E-state index contributed by atoms with van der Waals surface area (Å²) in [6, 6.07) is 0. The standard InChI is InChI=1S/C19H27FO2/c1-18-7-4-3-5-11(18)9-15(21)16-12(18)6-8-19(2)13(16)10-14(20)17(19)22/h11-14,16H,3-10H2,1-2H3/t11?,12-,13-,14+,16+,18-,19-/m0/s1. The Hall–Kier alpha value is -0.730. The number of carbonyl (C=O) groups is 2. The number of rotatable bonds is 0. The van der Waals surface area contributed by atoms with Gasteiger partial charge in [0.05, 0.1) is 0 Å². The van der Waals surface area contributed by atoms with Gasteiger partial charge in [0.1, 0.15) is 5.78 Å². The summed E-state index contributed by atoms with van der Waals surface area (Å²) in [6.45, 7) is 4.31. The highest BCUT2D eigenvalue weighted by Gasteiger charge is 2.64. The van der Waals surface area contributed by atoms with Crippen molar-refractivity contribution in [1.82, 2.24) is 0 Å². The first-order chi connectivity index (χ1) is 10.4. The summed E-state index contributed by atoms with van der Waals surface area (Å²) < 4.78 is 14.1. The quantitative estimate of drug-likeness (QED) is 0.675. The van der Waals surface area contributed by atoms with E-state index in [0.717, 1.165) is 12.8 Å². The van der Waals surface area contributed by atoms with E-state index in [9.17, 15) is 14.0 Å². The molecule has 2 nitrogen and oxygen atoms in total. The summed E-state index contributed by atoms with van der Waals surface area (Å²) in [6.07, 6.45) is 6.26. The van der Waals surface area contributed by atoms with Crippen LogP contribution >= 0.6 is 0 Å². The van der Waals surface area contributed by atoms with E-state index in [-0.39, 0.29) is 23.0 Å². The Bertz CT molecular complexity index is 530. The summed E-state index contributed by atoms with van der Waals surface area (Å²) in [5.74, 6) is 0.934. The lowest BCUT2D eigenvalue weighted by molar-refractivity contribution is -0.156. The molecule has 4 aliphatic rings. The lowest BCUT2D eigenvalue weighted by atomic mass is 9.45. The van der Waals surface area contributed by atoms with Gasteiger partial charge in [-0.15, -0.1) is 0 Å². The number of alkyl halides is 1. The van der Waals surface area contributed by atoms with Gasteiger partial charge >= 0.3 is 0 Å². The molecule has 4 aliphatic carbocycles. The van der Waals surface area contributed by atoms with Crippen LogP contribution in [0.25, 0.3) is 0 Å². The zero-order valence-corrected chi connectivity index (χ0v) is 13.7. The molecule has 0 radical (unpaired) electrons. The molecule has 0 aliphatic heterocycles. The van der Waals surface area contributed by atoms with Crippen molar-refractivity contribution in [3.8, 4) is 0 Å². The molecule has 3 heteroatoms. The van der Waals surface area contributed by atoms with E-state index in [1.54, 1.807) is 0 Å². The third kappa shape index (κ3) is 1.71. The Balaban J connectivity index is 1.73. The molecule has 0 amide bonds. The lowest BCUT2D eigenvalue weighted by Crippen LogP contribution is -2.56. The van der Waals surface area contributed by atoms with Gasteiger partial charge in [0.15, 0.2) is 12.0 Å². The van der Waals surface area contributed by atoms with Crippen molar-refractivity contribution in [3.05, 3.63) is 0 Å². The topological polar surface area (TPSA) is 34.1 Å². The Morgan fingerprint density at radius 1 is 1.05 bits per heavy atom. The van der Waals surface area contributed by atoms with Crippen molar-refractivity contribution in [2.75, 3.05) is 0 Å². The van der Waals surface area contributed by atoms with Crippen LogP contribution in [0.1, 0.15) is 65.2 Å². The average Bonchev–Trinajstić information content (AvgIpc) is 2.71. The Morgan fingerprint density at radius 2 is 1.82 bits per heavy atom. The first-order valence-electron chi connectivity index (χ1n) is 9.09. The van der Waals surface area contributed by atoms with Crippen LogP contribution in [-0.4, -0.2) is 17.7 Å². The molecule has 7 atom stereocenters. The summed E-state index contributed by atoms with van der Waals surface area (Å²) in [7, 11) is 0. The zero-order chi connectivity index (χ0) is 15.7. The Morgan fingerprint density at radius 3 is 2.59 bits per heavy atom. The van der Waals surface area contributed by atoms with Crippen LogP contribution in [0, 0.1) is 34.5 Å². The molecule has 4 saturated carbocycles. The van der Waals surface area contributed by atoms with E-state index in [0.29, 0.717) is 30.5 Å². The van der Waals surface area contributed by atoms with Gasteiger partial charge in [-0.3, -0.25) is 9.59 Å². The third-order valence-electron chi connectivity index (χ3n) is 8.09. The third-order valence-corrected chi connectivity index (χ3v) is 8.09. The second kappa shape index (κ2) is 4.64. The molecule has 0 saturated heterocycles. The van der Waals surface area contributed by atoms with Crippen LogP contribution in [0.15, 0.2) is 0 Å². The number of fused-ring (bicyclic) bond motifs is 5. The van der Waals surface area contributed by atoms with Crippen LogP contribution in [0.5, 0.6) is 0 Å². The molecule has 0 aromatic heterocycles. The number of Topliss-reactive ketones (excluding diaryl/α,β-unsaturated/α-hetero) is 2. The maximum Gasteiger partial charge on any atom is 0.173 e. The molecular formula is C19H27FO2. The maximum atomic E-state index is 14.1. The van der Waals surface area contributed by atoms with E-state index in [4.69, 9.17) is 0 Å². The highest BCUT2D eigenvalue weighted by molar-refractivity contribution is 5.93. The Kier molecular flexibility index (Phi) is 3.13. The smallest absolute Gasteiger partial charge is 0.173 e. The monoisotopic (exact) mass is 306 g/mol. The molecule has 0 N–H and O–H groups in total. The predicted molar refractivity (Wildman–Crippen MR) is 82.0 cm³/mol. The van der Waals surface area contributed by atoms with Gasteiger partial charge in [-0.2, -0.15) is 0 Å². The average molecular weight is 306 g/mol. The van der Waals surface area contributed by atoms with Gasteiger partial charge in [-0.25, -0.2) is 4.39 Å². The van der Waals surface area contributed by atoms with Crippen molar-refractivity contribution in [2.45, 2.75) is 71.4 Å². The zero-order valence-electron chi connectivity index (χ0n) is 13.7. The summed E-state index contributed by atoms with van der Waals surface area (Å²) in [5, 5.41) is 0. The lowest BCUT2D eigenvalue weighted by Gasteiger charge is -2.58. The summed E-state index contributed by atoms with van der Waals surface area (Å²) in [5.41, 5.74) is -0.330. The highest BCUT2D eigenvalue weighted by atomic mass is 19.1. The molecule has 1 unspecified atom stereocenters. The molecule has 4 fully saturated rings. The molecule has 0 spiro atoms. The van der Waals surface area contributed by atoms with Gasteiger partial charge in [-0.1, -0.05) is 26.7 Å². The molecule has 0 aromatic carbocycles. The molecule has 22 heavy (non-hydrogen) atoms. The molecular weight excluding hydrogens is 279 g/mol. The number of hydrogen-bond donors (Lipinski definition) is 0. The fourth-order valence-corrected chi connectivity index (χ4v) is 6.72. The normalized spacial score (nSPS) is 54.6. The maximum absolute atomic E-state index is 14.1. The van der Waals surface area contributed by atoms with E-state index in [2.05, 4.69) is 6.92 Å². The van der Waals surface area contributed by atoms with E-state index >= 15 is 0 Å². The number of ketones is 2. The molecule has 0 heterocycles. The number of carbonyl (C=O) groups excluding carboxylic acids is 2. The molecule has 122 valence electrons. The first kappa shape index (κ1) is 14.8. The fourth-order valence-electron chi connectivity index (χ4n) is 6.72. The van der Waals surface area contributed by atoms with Crippen molar-refractivity contribution in [2.24, 2.45) is 34.5 Å². The highest BCUT2D eigenvalue weighted by Crippen LogP contribution is 2.64. The Labute approximate surface area is 132 Å². The minimum Gasteiger partial charge on any atom is -0.299 e. The van der Waals surface area contributed by atoms with E-state index in [1.165, 1.54) is 25.7 Å².